The average molecular weight is 347 g/mol. The third kappa shape index (κ3) is 4.32. The summed E-state index contributed by atoms with van der Waals surface area (Å²) in [6, 6.07) is 8.75. The number of hydrogen-bond acceptors (Lipinski definition) is 5. The van der Waals surface area contributed by atoms with Gasteiger partial charge in [-0.3, -0.25) is 15.6 Å². The van der Waals surface area contributed by atoms with E-state index in [9.17, 15) is 4.79 Å². The predicted octanol–water partition coefficient (Wildman–Crippen LogP) is 1.53. The highest BCUT2D eigenvalue weighted by Crippen LogP contribution is 2.33. The summed E-state index contributed by atoms with van der Waals surface area (Å²) in [7, 11) is 3.34. The SMILES string of the molecule is COCCC(=O)N1CCC(C2NNCC2c2cccc(OC)c2)CC1. The average Bonchev–Trinajstić information content (AvgIpc) is 3.16. The first-order valence-electron chi connectivity index (χ1n) is 9.12. The van der Waals surface area contributed by atoms with Crippen molar-refractivity contribution in [3.8, 4) is 5.75 Å². The largest absolute Gasteiger partial charge is 0.497 e. The lowest BCUT2D eigenvalue weighted by atomic mass is 9.80. The van der Waals surface area contributed by atoms with E-state index in [2.05, 4.69) is 29.1 Å². The van der Waals surface area contributed by atoms with Crippen molar-refractivity contribution in [1.29, 1.82) is 0 Å². The van der Waals surface area contributed by atoms with Crippen LogP contribution in [0.3, 0.4) is 0 Å². The van der Waals surface area contributed by atoms with Crippen LogP contribution in [-0.2, 0) is 9.53 Å². The molecule has 2 saturated heterocycles. The van der Waals surface area contributed by atoms with Gasteiger partial charge < -0.3 is 14.4 Å². The van der Waals surface area contributed by atoms with Gasteiger partial charge in [0.2, 0.25) is 5.91 Å². The molecule has 0 spiro atoms. The van der Waals surface area contributed by atoms with Crippen LogP contribution >= 0.6 is 0 Å². The van der Waals surface area contributed by atoms with Crippen LogP contribution in [0.4, 0.5) is 0 Å². The number of amides is 1. The second kappa shape index (κ2) is 8.65. The summed E-state index contributed by atoms with van der Waals surface area (Å²) in [5.74, 6) is 2.11. The standard InChI is InChI=1S/C19H29N3O3/c1-24-11-8-18(23)22-9-6-14(7-10-22)19-17(13-20-21-19)15-4-3-5-16(12-15)25-2/h3-5,12,14,17,19-21H,6-11,13H2,1-2H3. The molecule has 2 aliphatic rings. The molecule has 2 unspecified atom stereocenters. The molecule has 0 aromatic heterocycles. The van der Waals surface area contributed by atoms with Crippen molar-refractivity contribution in [2.75, 3.05) is 40.5 Å². The first-order valence-corrected chi connectivity index (χ1v) is 9.12. The van der Waals surface area contributed by atoms with Crippen LogP contribution in [0.25, 0.3) is 0 Å². The summed E-state index contributed by atoms with van der Waals surface area (Å²) in [6.45, 7) is 3.11. The summed E-state index contributed by atoms with van der Waals surface area (Å²) in [4.78, 5) is 14.1. The highest BCUT2D eigenvalue weighted by atomic mass is 16.5. The van der Waals surface area contributed by atoms with E-state index in [-0.39, 0.29) is 5.91 Å². The van der Waals surface area contributed by atoms with Gasteiger partial charge in [-0.1, -0.05) is 12.1 Å². The van der Waals surface area contributed by atoms with Crippen molar-refractivity contribution in [1.82, 2.24) is 15.8 Å². The van der Waals surface area contributed by atoms with Gasteiger partial charge in [-0.25, -0.2) is 0 Å². The number of hydrazine groups is 1. The minimum Gasteiger partial charge on any atom is -0.497 e. The van der Waals surface area contributed by atoms with Crippen LogP contribution in [0.2, 0.25) is 0 Å². The number of nitrogens with one attached hydrogen (secondary N) is 2. The van der Waals surface area contributed by atoms with E-state index in [1.165, 1.54) is 5.56 Å². The number of rotatable bonds is 6. The molecule has 0 saturated carbocycles. The summed E-state index contributed by atoms with van der Waals surface area (Å²) >= 11 is 0. The molecule has 6 nitrogen and oxygen atoms in total. The van der Waals surface area contributed by atoms with Gasteiger partial charge in [0.05, 0.1) is 20.1 Å². The van der Waals surface area contributed by atoms with Gasteiger partial charge in [0.25, 0.3) is 0 Å². The molecule has 3 rings (SSSR count). The van der Waals surface area contributed by atoms with Gasteiger partial charge in [-0.05, 0) is 36.5 Å². The van der Waals surface area contributed by atoms with Gasteiger partial charge in [0.15, 0.2) is 0 Å². The summed E-state index contributed by atoms with van der Waals surface area (Å²) in [5.41, 5.74) is 8.11. The first kappa shape index (κ1) is 18.2. The van der Waals surface area contributed by atoms with E-state index in [1.807, 2.05) is 11.0 Å². The molecule has 2 heterocycles. The molecule has 25 heavy (non-hydrogen) atoms. The number of carbonyl (C=O) groups excluding carboxylic acids is 1. The zero-order valence-electron chi connectivity index (χ0n) is 15.2. The van der Waals surface area contributed by atoms with Crippen LogP contribution in [0, 0.1) is 5.92 Å². The molecule has 2 fully saturated rings. The molecule has 0 aliphatic carbocycles. The van der Waals surface area contributed by atoms with Crippen molar-refractivity contribution in [2.24, 2.45) is 5.92 Å². The molecule has 1 aromatic carbocycles. The van der Waals surface area contributed by atoms with Crippen molar-refractivity contribution >= 4 is 5.91 Å². The molecule has 2 N–H and O–H groups in total. The topological polar surface area (TPSA) is 62.8 Å². The van der Waals surface area contributed by atoms with E-state index in [4.69, 9.17) is 9.47 Å². The fraction of sp³-hybridized carbons (Fsp3) is 0.632. The maximum absolute atomic E-state index is 12.1. The molecule has 138 valence electrons. The minimum atomic E-state index is 0.210. The lowest BCUT2D eigenvalue weighted by molar-refractivity contribution is -0.133. The lowest BCUT2D eigenvalue weighted by Crippen LogP contribution is -2.46. The molecular formula is C19H29N3O3. The maximum atomic E-state index is 12.1. The van der Waals surface area contributed by atoms with Crippen LogP contribution in [0.15, 0.2) is 24.3 Å². The van der Waals surface area contributed by atoms with E-state index in [0.29, 0.717) is 30.9 Å². The maximum Gasteiger partial charge on any atom is 0.224 e. The van der Waals surface area contributed by atoms with E-state index >= 15 is 0 Å². The number of nitrogens with zero attached hydrogens (tertiary/aromatic N) is 1. The third-order valence-corrected chi connectivity index (χ3v) is 5.47. The molecular weight excluding hydrogens is 318 g/mol. The molecule has 2 aliphatic heterocycles. The van der Waals surface area contributed by atoms with Crippen LogP contribution in [-0.4, -0.2) is 57.3 Å². The highest BCUT2D eigenvalue weighted by molar-refractivity contribution is 5.76. The molecule has 0 radical (unpaired) electrons. The summed E-state index contributed by atoms with van der Waals surface area (Å²) in [5, 5.41) is 0. The fourth-order valence-electron chi connectivity index (χ4n) is 4.01. The van der Waals surface area contributed by atoms with E-state index in [1.54, 1.807) is 14.2 Å². The Labute approximate surface area is 149 Å². The number of hydrogen-bond donors (Lipinski definition) is 2. The lowest BCUT2D eigenvalue weighted by Gasteiger charge is -2.36. The smallest absolute Gasteiger partial charge is 0.224 e. The van der Waals surface area contributed by atoms with Crippen molar-refractivity contribution < 1.29 is 14.3 Å². The molecule has 0 bridgehead atoms. The van der Waals surface area contributed by atoms with Crippen molar-refractivity contribution in [3.05, 3.63) is 29.8 Å². The van der Waals surface area contributed by atoms with Crippen LogP contribution in [0.1, 0.15) is 30.7 Å². The van der Waals surface area contributed by atoms with Crippen LogP contribution < -0.4 is 15.6 Å². The van der Waals surface area contributed by atoms with Crippen LogP contribution in [0.5, 0.6) is 5.75 Å². The summed E-state index contributed by atoms with van der Waals surface area (Å²) < 4.78 is 10.4. The second-order valence-corrected chi connectivity index (χ2v) is 6.90. The number of benzene rings is 1. The van der Waals surface area contributed by atoms with Gasteiger partial charge in [-0.2, -0.15) is 0 Å². The molecule has 2 atom stereocenters. The Morgan fingerprint density at radius 3 is 2.80 bits per heavy atom. The zero-order chi connectivity index (χ0) is 17.6. The Kier molecular flexibility index (Phi) is 6.29. The Bertz CT molecular complexity index is 573. The highest BCUT2D eigenvalue weighted by Gasteiger charge is 2.36. The van der Waals surface area contributed by atoms with Gasteiger partial charge >= 0.3 is 0 Å². The Morgan fingerprint density at radius 2 is 2.08 bits per heavy atom. The Balaban J connectivity index is 1.59. The van der Waals surface area contributed by atoms with Gasteiger partial charge in [0, 0.05) is 38.7 Å². The number of likely N-dealkylation sites (tertiary alicyclic amines) is 1. The normalized spacial score (nSPS) is 24.5. The number of ether oxygens (including phenoxy) is 2. The Hall–Kier alpha value is -1.63. The Morgan fingerprint density at radius 1 is 1.28 bits per heavy atom. The van der Waals surface area contributed by atoms with Crippen molar-refractivity contribution in [3.63, 3.8) is 0 Å². The molecule has 1 aromatic rings. The fourth-order valence-corrected chi connectivity index (χ4v) is 4.01. The predicted molar refractivity (Wildman–Crippen MR) is 96.5 cm³/mol. The molecule has 6 heteroatoms. The minimum absolute atomic E-state index is 0.210. The summed E-state index contributed by atoms with van der Waals surface area (Å²) in [6.07, 6.45) is 2.56. The molecule has 1 amide bonds. The van der Waals surface area contributed by atoms with Gasteiger partial charge in [0.1, 0.15) is 5.75 Å². The van der Waals surface area contributed by atoms with Crippen molar-refractivity contribution in [2.45, 2.75) is 31.2 Å². The quantitative estimate of drug-likeness (QED) is 0.817. The monoisotopic (exact) mass is 347 g/mol. The van der Waals surface area contributed by atoms with E-state index in [0.717, 1.165) is 38.2 Å². The number of methoxy groups -OCH3 is 2. The zero-order valence-corrected chi connectivity index (χ0v) is 15.2. The number of carbonyl (C=O) groups is 1. The third-order valence-electron chi connectivity index (χ3n) is 5.47. The number of piperidine rings is 1. The first-order chi connectivity index (χ1) is 12.2. The second-order valence-electron chi connectivity index (χ2n) is 6.90. The van der Waals surface area contributed by atoms with E-state index < -0.39 is 0 Å². The van der Waals surface area contributed by atoms with Gasteiger partial charge in [-0.15, -0.1) is 0 Å².